The Morgan fingerprint density at radius 3 is 1.91 bits per heavy atom. The molecule has 1 aromatic heterocycles. The average molecular weight is 293 g/mol. The summed E-state index contributed by atoms with van der Waals surface area (Å²) in [5.41, 5.74) is 4.66. The fraction of sp³-hybridized carbons (Fsp3) is 0.222. The molecule has 0 saturated carbocycles. The molecule has 0 atom stereocenters. The van der Waals surface area contributed by atoms with Gasteiger partial charge in [-0.05, 0) is 30.8 Å². The second-order valence-corrected chi connectivity index (χ2v) is 5.65. The third-order valence-corrected chi connectivity index (χ3v) is 3.46. The predicted octanol–water partition coefficient (Wildman–Crippen LogP) is 3.77. The first-order valence-electron chi connectivity index (χ1n) is 7.26. The Morgan fingerprint density at radius 1 is 0.864 bits per heavy atom. The minimum atomic E-state index is 0.579. The normalized spacial score (nSPS) is 11.1. The zero-order chi connectivity index (χ0) is 15.5. The molecule has 4 heteroatoms. The standard InChI is InChI=1S/C18H19N3O/c1-13-19-18(20-22-13)17-10-8-16(9-11-17)15-6-4-14(5-7-15)12-21(2)3/h4-11H,12H2,1-3H3. The van der Waals surface area contributed by atoms with Gasteiger partial charge in [-0.1, -0.05) is 53.7 Å². The molecule has 1 heterocycles. The van der Waals surface area contributed by atoms with E-state index in [0.29, 0.717) is 11.7 Å². The Labute approximate surface area is 130 Å². The van der Waals surface area contributed by atoms with E-state index >= 15 is 0 Å². The molecule has 0 N–H and O–H groups in total. The van der Waals surface area contributed by atoms with Crippen LogP contribution in [-0.2, 0) is 6.54 Å². The molecule has 3 rings (SSSR count). The Bertz CT molecular complexity index is 743. The molecule has 2 aromatic carbocycles. The number of nitrogens with zero attached hydrogens (tertiary/aromatic N) is 3. The van der Waals surface area contributed by atoms with Crippen LogP contribution in [0.15, 0.2) is 53.1 Å². The summed E-state index contributed by atoms with van der Waals surface area (Å²) in [6.07, 6.45) is 0. The van der Waals surface area contributed by atoms with E-state index in [1.807, 2.05) is 12.1 Å². The largest absolute Gasteiger partial charge is 0.339 e. The van der Waals surface area contributed by atoms with E-state index in [0.717, 1.165) is 12.1 Å². The number of hydrogen-bond acceptors (Lipinski definition) is 4. The lowest BCUT2D eigenvalue weighted by molar-refractivity contribution is 0.394. The molecular formula is C18H19N3O. The topological polar surface area (TPSA) is 42.2 Å². The van der Waals surface area contributed by atoms with E-state index < -0.39 is 0 Å². The lowest BCUT2D eigenvalue weighted by atomic mass is 10.0. The van der Waals surface area contributed by atoms with Gasteiger partial charge in [0, 0.05) is 19.0 Å². The van der Waals surface area contributed by atoms with Crippen LogP contribution in [0.25, 0.3) is 22.5 Å². The summed E-state index contributed by atoms with van der Waals surface area (Å²) in [7, 11) is 4.15. The lowest BCUT2D eigenvalue weighted by Crippen LogP contribution is -2.10. The van der Waals surface area contributed by atoms with Gasteiger partial charge in [0.05, 0.1) is 0 Å². The van der Waals surface area contributed by atoms with Crippen molar-refractivity contribution in [3.63, 3.8) is 0 Å². The molecule has 3 aromatic rings. The SMILES string of the molecule is Cc1nc(-c2ccc(-c3ccc(CN(C)C)cc3)cc2)no1. The van der Waals surface area contributed by atoms with Crippen molar-refractivity contribution in [3.8, 4) is 22.5 Å². The molecule has 0 bridgehead atoms. The quantitative estimate of drug-likeness (QED) is 0.734. The van der Waals surface area contributed by atoms with Gasteiger partial charge in [-0.3, -0.25) is 0 Å². The van der Waals surface area contributed by atoms with Crippen molar-refractivity contribution in [2.45, 2.75) is 13.5 Å². The summed E-state index contributed by atoms with van der Waals surface area (Å²) in [5.74, 6) is 1.21. The van der Waals surface area contributed by atoms with Crippen molar-refractivity contribution < 1.29 is 4.52 Å². The smallest absolute Gasteiger partial charge is 0.223 e. The molecule has 4 nitrogen and oxygen atoms in total. The van der Waals surface area contributed by atoms with Crippen LogP contribution < -0.4 is 0 Å². The van der Waals surface area contributed by atoms with Gasteiger partial charge in [-0.15, -0.1) is 0 Å². The van der Waals surface area contributed by atoms with E-state index in [4.69, 9.17) is 4.52 Å². The second kappa shape index (κ2) is 6.12. The van der Waals surface area contributed by atoms with E-state index in [9.17, 15) is 0 Å². The molecule has 22 heavy (non-hydrogen) atoms. The number of benzene rings is 2. The zero-order valence-electron chi connectivity index (χ0n) is 13.1. The van der Waals surface area contributed by atoms with E-state index in [1.54, 1.807) is 6.92 Å². The van der Waals surface area contributed by atoms with E-state index in [1.165, 1.54) is 16.7 Å². The second-order valence-electron chi connectivity index (χ2n) is 5.65. The fourth-order valence-electron chi connectivity index (χ4n) is 2.40. The van der Waals surface area contributed by atoms with Gasteiger partial charge in [0.15, 0.2) is 0 Å². The van der Waals surface area contributed by atoms with Gasteiger partial charge >= 0.3 is 0 Å². The van der Waals surface area contributed by atoms with Gasteiger partial charge in [0.1, 0.15) is 0 Å². The zero-order valence-corrected chi connectivity index (χ0v) is 13.1. The third kappa shape index (κ3) is 3.23. The van der Waals surface area contributed by atoms with Crippen LogP contribution in [0.3, 0.4) is 0 Å². The van der Waals surface area contributed by atoms with Crippen LogP contribution in [0.1, 0.15) is 11.5 Å². The van der Waals surface area contributed by atoms with Gasteiger partial charge in [0.25, 0.3) is 0 Å². The van der Waals surface area contributed by atoms with E-state index in [2.05, 4.69) is 65.5 Å². The van der Waals surface area contributed by atoms with Crippen LogP contribution >= 0.6 is 0 Å². The Morgan fingerprint density at radius 2 is 1.41 bits per heavy atom. The summed E-state index contributed by atoms with van der Waals surface area (Å²) < 4.78 is 5.01. The van der Waals surface area contributed by atoms with Crippen LogP contribution in [0.5, 0.6) is 0 Å². The molecule has 0 spiro atoms. The first-order chi connectivity index (χ1) is 10.6. The number of rotatable bonds is 4. The maximum Gasteiger partial charge on any atom is 0.223 e. The molecule has 0 aliphatic carbocycles. The van der Waals surface area contributed by atoms with Crippen LogP contribution in [0.2, 0.25) is 0 Å². The Kier molecular flexibility index (Phi) is 4.02. The maximum atomic E-state index is 5.01. The van der Waals surface area contributed by atoms with Crippen molar-refractivity contribution in [3.05, 3.63) is 60.0 Å². The van der Waals surface area contributed by atoms with Crippen LogP contribution in [0.4, 0.5) is 0 Å². The van der Waals surface area contributed by atoms with E-state index in [-0.39, 0.29) is 0 Å². The predicted molar refractivity (Wildman–Crippen MR) is 87.3 cm³/mol. The lowest BCUT2D eigenvalue weighted by Gasteiger charge is -2.10. The van der Waals surface area contributed by atoms with Crippen LogP contribution in [-0.4, -0.2) is 29.1 Å². The van der Waals surface area contributed by atoms with Crippen molar-refractivity contribution in [1.29, 1.82) is 0 Å². The fourth-order valence-corrected chi connectivity index (χ4v) is 2.40. The highest BCUT2D eigenvalue weighted by Gasteiger charge is 2.06. The monoisotopic (exact) mass is 293 g/mol. The van der Waals surface area contributed by atoms with Crippen LogP contribution in [0, 0.1) is 6.92 Å². The summed E-state index contributed by atoms with van der Waals surface area (Å²) in [5, 5.41) is 3.94. The molecule has 0 saturated heterocycles. The summed E-state index contributed by atoms with van der Waals surface area (Å²) in [6, 6.07) is 16.9. The summed E-state index contributed by atoms with van der Waals surface area (Å²) in [4.78, 5) is 6.40. The molecule has 0 amide bonds. The van der Waals surface area contributed by atoms with Crippen molar-refractivity contribution >= 4 is 0 Å². The first-order valence-corrected chi connectivity index (χ1v) is 7.26. The first kappa shape index (κ1) is 14.5. The molecular weight excluding hydrogens is 274 g/mol. The molecule has 112 valence electrons. The number of aromatic nitrogens is 2. The third-order valence-electron chi connectivity index (χ3n) is 3.46. The van der Waals surface area contributed by atoms with Gasteiger partial charge in [-0.2, -0.15) is 4.98 Å². The summed E-state index contributed by atoms with van der Waals surface area (Å²) in [6.45, 7) is 2.75. The molecule has 0 aliphatic heterocycles. The number of aryl methyl sites for hydroxylation is 1. The summed E-state index contributed by atoms with van der Waals surface area (Å²) >= 11 is 0. The highest BCUT2D eigenvalue weighted by Crippen LogP contribution is 2.24. The highest BCUT2D eigenvalue weighted by molar-refractivity contribution is 5.67. The Hall–Kier alpha value is -2.46. The van der Waals surface area contributed by atoms with Crippen molar-refractivity contribution in [2.24, 2.45) is 0 Å². The average Bonchev–Trinajstić information content (AvgIpc) is 2.94. The van der Waals surface area contributed by atoms with Gasteiger partial charge in [0.2, 0.25) is 11.7 Å². The minimum Gasteiger partial charge on any atom is -0.339 e. The van der Waals surface area contributed by atoms with Gasteiger partial charge in [-0.25, -0.2) is 0 Å². The van der Waals surface area contributed by atoms with Gasteiger partial charge < -0.3 is 9.42 Å². The number of hydrogen-bond donors (Lipinski definition) is 0. The molecule has 0 unspecified atom stereocenters. The molecule has 0 radical (unpaired) electrons. The molecule has 0 aliphatic rings. The Balaban J connectivity index is 1.80. The minimum absolute atomic E-state index is 0.579. The highest BCUT2D eigenvalue weighted by atomic mass is 16.5. The molecule has 0 fully saturated rings. The van der Waals surface area contributed by atoms with Crippen molar-refractivity contribution in [1.82, 2.24) is 15.0 Å². The van der Waals surface area contributed by atoms with Crippen molar-refractivity contribution in [2.75, 3.05) is 14.1 Å². The maximum absolute atomic E-state index is 5.01.